The molecule has 0 spiro atoms. The summed E-state index contributed by atoms with van der Waals surface area (Å²) in [5.74, 6) is -2.26. The van der Waals surface area contributed by atoms with Crippen LogP contribution < -0.4 is 5.73 Å². The van der Waals surface area contributed by atoms with Crippen LogP contribution in [0.2, 0.25) is 0 Å². The number of ether oxygens (including phenoxy) is 1. The lowest BCUT2D eigenvalue weighted by Gasteiger charge is -2.17. The Labute approximate surface area is 111 Å². The van der Waals surface area contributed by atoms with Crippen LogP contribution in [0.15, 0.2) is 16.6 Å². The molecule has 0 aliphatic heterocycles. The van der Waals surface area contributed by atoms with E-state index in [1.54, 1.807) is 0 Å². The summed E-state index contributed by atoms with van der Waals surface area (Å²) in [6.45, 7) is 1.52. The number of nitrogens with two attached hydrogens (primary N) is 1. The van der Waals surface area contributed by atoms with Gasteiger partial charge in [0.2, 0.25) is 6.17 Å². The topological polar surface area (TPSA) is 72.5 Å². The summed E-state index contributed by atoms with van der Waals surface area (Å²) in [5, 5.41) is 9.64. The van der Waals surface area contributed by atoms with Gasteiger partial charge in [-0.15, -0.1) is 0 Å². The number of alkyl halides is 1. The number of carbonyl (C=O) groups excluding carboxylic acids is 1. The quantitative estimate of drug-likeness (QED) is 0.833. The van der Waals surface area contributed by atoms with Crippen molar-refractivity contribution in [2.45, 2.75) is 19.1 Å². The van der Waals surface area contributed by atoms with Crippen LogP contribution in [0.1, 0.15) is 18.5 Å². The minimum absolute atomic E-state index is 0.00476. The van der Waals surface area contributed by atoms with Crippen LogP contribution >= 0.6 is 15.9 Å². The number of phenolic OH excluding ortho intramolecular Hbond substituents is 1. The van der Waals surface area contributed by atoms with E-state index in [0.29, 0.717) is 0 Å². The molecule has 0 saturated heterocycles. The van der Waals surface area contributed by atoms with Crippen molar-refractivity contribution < 1.29 is 23.4 Å². The second kappa shape index (κ2) is 6.10. The summed E-state index contributed by atoms with van der Waals surface area (Å²) in [5.41, 5.74) is 5.28. The molecule has 100 valence electrons. The van der Waals surface area contributed by atoms with Crippen LogP contribution in [0, 0.1) is 5.82 Å². The number of rotatable bonds is 4. The van der Waals surface area contributed by atoms with Crippen LogP contribution in [-0.2, 0) is 9.53 Å². The minimum Gasteiger partial charge on any atom is -0.506 e. The Morgan fingerprint density at radius 1 is 1.61 bits per heavy atom. The van der Waals surface area contributed by atoms with Crippen LogP contribution in [-0.4, -0.2) is 23.9 Å². The first-order valence-electron chi connectivity index (χ1n) is 5.12. The molecule has 0 heterocycles. The smallest absolute Gasteiger partial charge is 0.342 e. The molecule has 0 fully saturated rings. The highest BCUT2D eigenvalue weighted by Crippen LogP contribution is 2.34. The summed E-state index contributed by atoms with van der Waals surface area (Å²) in [6.07, 6.45) is -2.18. The molecule has 0 aromatic heterocycles. The van der Waals surface area contributed by atoms with Gasteiger partial charge in [-0.1, -0.05) is 0 Å². The Morgan fingerprint density at radius 3 is 2.78 bits per heavy atom. The molecule has 0 aliphatic carbocycles. The average molecular weight is 324 g/mol. The monoisotopic (exact) mass is 323 g/mol. The molecule has 3 N–H and O–H groups in total. The van der Waals surface area contributed by atoms with E-state index < -0.39 is 29.7 Å². The second-order valence-electron chi connectivity index (χ2n) is 3.51. The van der Waals surface area contributed by atoms with Gasteiger partial charge >= 0.3 is 5.97 Å². The van der Waals surface area contributed by atoms with Gasteiger partial charge in [0.05, 0.1) is 17.1 Å². The van der Waals surface area contributed by atoms with Crippen LogP contribution in [0.25, 0.3) is 0 Å². The third-order valence-corrected chi connectivity index (χ3v) is 2.85. The molecule has 1 unspecified atom stereocenters. The van der Waals surface area contributed by atoms with Crippen molar-refractivity contribution >= 4 is 21.9 Å². The number of aromatic hydroxyl groups is 1. The first-order chi connectivity index (χ1) is 8.38. The van der Waals surface area contributed by atoms with Crippen molar-refractivity contribution in [2.75, 3.05) is 6.61 Å². The fraction of sp³-hybridized carbons (Fsp3) is 0.364. The van der Waals surface area contributed by atoms with Gasteiger partial charge in [-0.05, 0) is 35.0 Å². The number of benzene rings is 1. The lowest BCUT2D eigenvalue weighted by atomic mass is 10.0. The van der Waals surface area contributed by atoms with Crippen molar-refractivity contribution in [2.24, 2.45) is 5.73 Å². The first kappa shape index (κ1) is 14.8. The van der Waals surface area contributed by atoms with Crippen LogP contribution in [0.4, 0.5) is 8.78 Å². The van der Waals surface area contributed by atoms with Crippen molar-refractivity contribution in [3.63, 3.8) is 0 Å². The molecule has 18 heavy (non-hydrogen) atoms. The number of hydrogen-bond donors (Lipinski definition) is 2. The van der Waals surface area contributed by atoms with Gasteiger partial charge in [0.1, 0.15) is 11.6 Å². The Kier molecular flexibility index (Phi) is 5.03. The Balaban J connectivity index is 3.03. The molecule has 0 saturated carbocycles. The number of hydrogen-bond acceptors (Lipinski definition) is 4. The molecule has 0 radical (unpaired) electrons. The number of phenols is 1. The molecule has 1 aromatic rings. The van der Waals surface area contributed by atoms with Gasteiger partial charge in [-0.3, -0.25) is 0 Å². The van der Waals surface area contributed by atoms with Gasteiger partial charge in [0.25, 0.3) is 0 Å². The van der Waals surface area contributed by atoms with Crippen molar-refractivity contribution in [1.82, 2.24) is 0 Å². The van der Waals surface area contributed by atoms with E-state index in [1.165, 1.54) is 6.92 Å². The predicted octanol–water partition coefficient (Wildman–Crippen LogP) is 2.19. The summed E-state index contributed by atoms with van der Waals surface area (Å²) in [4.78, 5) is 11.2. The molecule has 1 aromatic carbocycles. The third-order valence-electron chi connectivity index (χ3n) is 2.24. The number of carbonyl (C=O) groups is 1. The van der Waals surface area contributed by atoms with Gasteiger partial charge in [0, 0.05) is 5.56 Å². The lowest BCUT2D eigenvalue weighted by molar-refractivity contribution is -0.149. The van der Waals surface area contributed by atoms with E-state index in [2.05, 4.69) is 20.7 Å². The maximum atomic E-state index is 13.7. The van der Waals surface area contributed by atoms with Crippen molar-refractivity contribution in [3.8, 4) is 5.75 Å². The zero-order valence-electron chi connectivity index (χ0n) is 9.49. The Bertz CT molecular complexity index is 456. The first-order valence-corrected chi connectivity index (χ1v) is 5.92. The molecule has 0 aliphatic rings. The molecule has 4 nitrogen and oxygen atoms in total. The van der Waals surface area contributed by atoms with E-state index >= 15 is 0 Å². The van der Waals surface area contributed by atoms with E-state index in [4.69, 9.17) is 5.73 Å². The largest absolute Gasteiger partial charge is 0.506 e. The van der Waals surface area contributed by atoms with E-state index in [-0.39, 0.29) is 16.6 Å². The molecule has 0 amide bonds. The zero-order chi connectivity index (χ0) is 13.9. The highest BCUT2D eigenvalue weighted by Gasteiger charge is 2.30. The summed E-state index contributed by atoms with van der Waals surface area (Å²) in [6, 6.07) is 0.371. The predicted molar refractivity (Wildman–Crippen MR) is 64.2 cm³/mol. The molecule has 7 heteroatoms. The number of halogens is 3. The molecule has 1 rings (SSSR count). The molecular weight excluding hydrogens is 312 g/mol. The SMILES string of the molecule is CCOC(=O)C(F)[C@H](N)c1cc(F)cc(Br)c1O. The van der Waals surface area contributed by atoms with Gasteiger partial charge < -0.3 is 15.6 Å². The Hall–Kier alpha value is -1.21. The standard InChI is InChI=1S/C11H12BrF2NO3/c1-2-18-11(17)8(14)9(15)6-3-5(13)4-7(12)10(6)16/h3-4,8-9,16H,2,15H2,1H3/t8?,9-/m1/s1. The molecular formula is C11H12BrF2NO3. The Morgan fingerprint density at radius 2 is 2.22 bits per heavy atom. The van der Waals surface area contributed by atoms with Crippen LogP contribution in [0.3, 0.4) is 0 Å². The van der Waals surface area contributed by atoms with Crippen molar-refractivity contribution in [1.29, 1.82) is 0 Å². The van der Waals surface area contributed by atoms with Crippen molar-refractivity contribution in [3.05, 3.63) is 28.0 Å². The molecule has 0 bridgehead atoms. The second-order valence-corrected chi connectivity index (χ2v) is 4.36. The third kappa shape index (κ3) is 3.17. The van der Waals surface area contributed by atoms with E-state index in [9.17, 15) is 18.7 Å². The van der Waals surface area contributed by atoms with Gasteiger partial charge in [0.15, 0.2) is 0 Å². The lowest BCUT2D eigenvalue weighted by Crippen LogP contribution is -2.31. The molecule has 2 atom stereocenters. The van der Waals surface area contributed by atoms with E-state index in [0.717, 1.165) is 12.1 Å². The minimum atomic E-state index is -2.18. The highest BCUT2D eigenvalue weighted by atomic mass is 79.9. The van der Waals surface area contributed by atoms with Gasteiger partial charge in [-0.2, -0.15) is 0 Å². The summed E-state index contributed by atoms with van der Waals surface area (Å²) < 4.78 is 31.3. The fourth-order valence-corrected chi connectivity index (χ4v) is 1.81. The van der Waals surface area contributed by atoms with Gasteiger partial charge in [-0.25, -0.2) is 13.6 Å². The summed E-state index contributed by atoms with van der Waals surface area (Å²) in [7, 11) is 0. The van der Waals surface area contributed by atoms with E-state index in [1.807, 2.05) is 0 Å². The maximum Gasteiger partial charge on any atom is 0.342 e. The number of esters is 1. The maximum absolute atomic E-state index is 13.7. The highest BCUT2D eigenvalue weighted by molar-refractivity contribution is 9.10. The average Bonchev–Trinajstić information content (AvgIpc) is 2.32. The normalized spacial score (nSPS) is 14.1. The summed E-state index contributed by atoms with van der Waals surface area (Å²) >= 11 is 2.90. The zero-order valence-corrected chi connectivity index (χ0v) is 11.1. The van der Waals surface area contributed by atoms with Crippen LogP contribution in [0.5, 0.6) is 5.75 Å². The fourth-order valence-electron chi connectivity index (χ4n) is 1.37.